The summed E-state index contributed by atoms with van der Waals surface area (Å²) in [6, 6.07) is 17.7. The monoisotopic (exact) mass is 361 g/mol. The minimum atomic E-state index is -0.401. The molecule has 1 saturated heterocycles. The van der Waals surface area contributed by atoms with E-state index in [1.54, 1.807) is 0 Å². The molecule has 3 nitrogen and oxygen atoms in total. The van der Waals surface area contributed by atoms with E-state index in [2.05, 4.69) is 0 Å². The van der Waals surface area contributed by atoms with Crippen LogP contribution in [0.25, 0.3) is 0 Å². The number of hydrogen-bond donors (Lipinski definition) is 0. The number of methoxy groups -OCH3 is 1. The first-order chi connectivity index (χ1) is 11.7. The smallest absolute Gasteiger partial charge is 0.362 e. The zero-order valence-electron chi connectivity index (χ0n) is 13.6. The molecule has 0 spiro atoms. The van der Waals surface area contributed by atoms with Crippen molar-refractivity contribution in [3.05, 3.63) is 54.6 Å². The summed E-state index contributed by atoms with van der Waals surface area (Å²) < 4.78 is 10.5. The first-order valence-electron chi connectivity index (χ1n) is 7.94. The molecular formula is C19H21O3S2+. The summed E-state index contributed by atoms with van der Waals surface area (Å²) in [7, 11) is 1.48. The maximum atomic E-state index is 12.3. The van der Waals surface area contributed by atoms with Crippen LogP contribution in [0.5, 0.6) is 11.5 Å². The number of carbonyl (C=O) groups excluding carboxylic acids is 1. The number of rotatable bonds is 5. The van der Waals surface area contributed by atoms with Crippen molar-refractivity contribution >= 4 is 29.5 Å². The molecule has 3 rings (SSSR count). The molecule has 1 aliphatic rings. The lowest BCUT2D eigenvalue weighted by Crippen LogP contribution is -2.44. The summed E-state index contributed by atoms with van der Waals surface area (Å²) in [5.74, 6) is 3.55. The van der Waals surface area contributed by atoms with Crippen LogP contribution in [0.4, 0.5) is 0 Å². The van der Waals surface area contributed by atoms with Crippen molar-refractivity contribution < 1.29 is 14.3 Å². The van der Waals surface area contributed by atoms with Crippen molar-refractivity contribution in [1.29, 1.82) is 0 Å². The minimum absolute atomic E-state index is 0.0888. The number of para-hydroxylation sites is 1. The molecule has 126 valence electrons. The number of ether oxygens (including phenoxy) is 2. The van der Waals surface area contributed by atoms with E-state index in [9.17, 15) is 4.79 Å². The van der Waals surface area contributed by atoms with Crippen LogP contribution in [0.1, 0.15) is 12.8 Å². The Morgan fingerprint density at radius 2 is 1.62 bits per heavy atom. The Bertz CT molecular complexity index is 665. The second-order valence-corrected chi connectivity index (χ2v) is 8.48. The van der Waals surface area contributed by atoms with Crippen LogP contribution in [-0.2, 0) is 21.3 Å². The second-order valence-electron chi connectivity index (χ2n) is 5.66. The summed E-state index contributed by atoms with van der Waals surface area (Å²) in [5.41, 5.74) is 0. The molecule has 0 amide bonds. The van der Waals surface area contributed by atoms with E-state index in [0.29, 0.717) is 0 Å². The van der Waals surface area contributed by atoms with Gasteiger partial charge in [0, 0.05) is 24.6 Å². The molecule has 2 aromatic rings. The normalized spacial score (nSPS) is 16.4. The molecule has 5 heteroatoms. The third-order valence-corrected chi connectivity index (χ3v) is 6.64. The molecule has 1 aliphatic heterocycles. The standard InChI is InChI=1S/C19H20O3S2/c1-21-18(20)19(11-13-23-14-12-19)24-17-9-7-16(8-10-17)22-15-5-3-2-4-6-15/h2-10H,11-14H2,1H3/p+1. The van der Waals surface area contributed by atoms with Crippen molar-refractivity contribution in [3.63, 3.8) is 0 Å². The minimum Gasteiger partial charge on any atom is -0.465 e. The van der Waals surface area contributed by atoms with Gasteiger partial charge in [-0.05, 0) is 47.9 Å². The molecular weight excluding hydrogens is 340 g/mol. The van der Waals surface area contributed by atoms with E-state index in [4.69, 9.17) is 9.47 Å². The SMILES string of the molecule is COC(=O)C1([SH+]c2ccc(Oc3ccccc3)cc2)CCSCC1. The van der Waals surface area contributed by atoms with Crippen LogP contribution in [0.3, 0.4) is 0 Å². The zero-order chi connectivity index (χ0) is 16.8. The van der Waals surface area contributed by atoms with Crippen LogP contribution in [0.2, 0.25) is 0 Å². The number of carbonyl (C=O) groups is 1. The third kappa shape index (κ3) is 4.08. The van der Waals surface area contributed by atoms with Gasteiger partial charge in [0.1, 0.15) is 11.5 Å². The average molecular weight is 362 g/mol. The van der Waals surface area contributed by atoms with Gasteiger partial charge in [-0.15, -0.1) is 0 Å². The first kappa shape index (κ1) is 17.2. The van der Waals surface area contributed by atoms with Crippen molar-refractivity contribution in [2.45, 2.75) is 22.5 Å². The summed E-state index contributed by atoms with van der Waals surface area (Å²) >= 11 is 2.93. The Morgan fingerprint density at radius 1 is 1.00 bits per heavy atom. The van der Waals surface area contributed by atoms with Gasteiger partial charge in [0.05, 0.1) is 7.11 Å². The van der Waals surface area contributed by atoms with Gasteiger partial charge < -0.3 is 9.47 Å². The van der Waals surface area contributed by atoms with E-state index in [0.717, 1.165) is 52.5 Å². The molecule has 0 bridgehead atoms. The summed E-state index contributed by atoms with van der Waals surface area (Å²) in [6.07, 6.45) is 1.74. The summed E-state index contributed by atoms with van der Waals surface area (Å²) in [4.78, 5) is 13.5. The first-order valence-corrected chi connectivity index (χ1v) is 9.99. The van der Waals surface area contributed by atoms with Gasteiger partial charge in [0.15, 0.2) is 4.90 Å². The molecule has 0 radical (unpaired) electrons. The fourth-order valence-corrected chi connectivity index (χ4v) is 5.64. The molecule has 0 aromatic heterocycles. The van der Waals surface area contributed by atoms with E-state index in [1.165, 1.54) is 7.11 Å². The highest BCUT2D eigenvalue weighted by molar-refractivity contribution is 7.99. The van der Waals surface area contributed by atoms with Crippen LogP contribution >= 0.6 is 11.8 Å². The van der Waals surface area contributed by atoms with Gasteiger partial charge in [0.2, 0.25) is 4.75 Å². The van der Waals surface area contributed by atoms with Crippen molar-refractivity contribution in [1.82, 2.24) is 0 Å². The van der Waals surface area contributed by atoms with Gasteiger partial charge in [-0.2, -0.15) is 11.8 Å². The Balaban J connectivity index is 1.71. The largest absolute Gasteiger partial charge is 0.465 e. The fraction of sp³-hybridized carbons (Fsp3) is 0.316. The van der Waals surface area contributed by atoms with E-state index >= 15 is 0 Å². The molecule has 2 aromatic carbocycles. The fourth-order valence-electron chi connectivity index (χ4n) is 2.72. The van der Waals surface area contributed by atoms with Gasteiger partial charge in [0.25, 0.3) is 0 Å². The van der Waals surface area contributed by atoms with Gasteiger partial charge in [-0.1, -0.05) is 18.2 Å². The van der Waals surface area contributed by atoms with Crippen LogP contribution < -0.4 is 4.74 Å². The molecule has 0 N–H and O–H groups in total. The highest BCUT2D eigenvalue weighted by Gasteiger charge is 2.49. The predicted molar refractivity (Wildman–Crippen MR) is 101 cm³/mol. The lowest BCUT2D eigenvalue weighted by atomic mass is 10.0. The molecule has 1 heterocycles. The number of thioether (sulfide) groups is 1. The number of benzene rings is 2. The molecule has 0 unspecified atom stereocenters. The molecule has 0 atom stereocenters. The van der Waals surface area contributed by atoms with Crippen LogP contribution in [0.15, 0.2) is 59.5 Å². The van der Waals surface area contributed by atoms with Crippen LogP contribution in [0, 0.1) is 0 Å². The summed E-state index contributed by atoms with van der Waals surface area (Å²) in [6.45, 7) is 0. The molecule has 0 aliphatic carbocycles. The van der Waals surface area contributed by atoms with Crippen molar-refractivity contribution in [3.8, 4) is 11.5 Å². The zero-order valence-corrected chi connectivity index (χ0v) is 15.3. The summed E-state index contributed by atoms with van der Waals surface area (Å²) in [5, 5.41) is 0. The van der Waals surface area contributed by atoms with Crippen molar-refractivity contribution in [2.75, 3.05) is 18.6 Å². The third-order valence-electron chi connectivity index (χ3n) is 4.04. The van der Waals surface area contributed by atoms with Gasteiger partial charge in [-0.3, -0.25) is 0 Å². The number of thiol groups is 1. The Morgan fingerprint density at radius 3 is 2.25 bits per heavy atom. The lowest BCUT2D eigenvalue weighted by molar-refractivity contribution is -0.143. The average Bonchev–Trinajstić information content (AvgIpc) is 2.64. The Kier molecular flexibility index (Phi) is 5.74. The maximum Gasteiger partial charge on any atom is 0.362 e. The lowest BCUT2D eigenvalue weighted by Gasteiger charge is -2.27. The predicted octanol–water partition coefficient (Wildman–Crippen LogP) is 4.09. The van der Waals surface area contributed by atoms with Gasteiger partial charge in [-0.25, -0.2) is 4.79 Å². The highest BCUT2D eigenvalue weighted by atomic mass is 32.2. The Hall–Kier alpha value is -1.59. The molecule has 1 fully saturated rings. The molecule has 24 heavy (non-hydrogen) atoms. The quantitative estimate of drug-likeness (QED) is 0.456. The number of hydrogen-bond acceptors (Lipinski definition) is 4. The van der Waals surface area contributed by atoms with E-state index in [1.807, 2.05) is 66.4 Å². The van der Waals surface area contributed by atoms with Crippen LogP contribution in [-0.4, -0.2) is 29.3 Å². The van der Waals surface area contributed by atoms with Gasteiger partial charge >= 0.3 is 5.97 Å². The highest BCUT2D eigenvalue weighted by Crippen LogP contribution is 2.35. The van der Waals surface area contributed by atoms with E-state index < -0.39 is 4.75 Å². The number of esters is 1. The second kappa shape index (κ2) is 7.99. The van der Waals surface area contributed by atoms with E-state index in [-0.39, 0.29) is 5.97 Å². The topological polar surface area (TPSA) is 35.5 Å². The Labute approximate surface area is 151 Å². The molecule has 0 saturated carbocycles. The van der Waals surface area contributed by atoms with Crippen molar-refractivity contribution in [2.24, 2.45) is 0 Å². The maximum absolute atomic E-state index is 12.3.